The average Bonchev–Trinajstić information content (AvgIpc) is 2.87. The molecule has 102 valence electrons. The molecule has 2 N–H and O–H groups in total. The van der Waals surface area contributed by atoms with Crippen molar-refractivity contribution in [3.63, 3.8) is 0 Å². The number of rotatable bonds is 3. The SMILES string of the molecule is CC1CCC(NCc2ccc3[nH]ccc3c2)CC1C. The van der Waals surface area contributed by atoms with Crippen molar-refractivity contribution in [3.8, 4) is 0 Å². The highest BCUT2D eigenvalue weighted by Crippen LogP contribution is 2.29. The Labute approximate surface area is 115 Å². The molecule has 0 amide bonds. The van der Waals surface area contributed by atoms with E-state index in [1.54, 1.807) is 0 Å². The molecule has 1 aromatic carbocycles. The van der Waals surface area contributed by atoms with Gasteiger partial charge >= 0.3 is 0 Å². The van der Waals surface area contributed by atoms with Crippen molar-refractivity contribution in [1.82, 2.24) is 10.3 Å². The van der Waals surface area contributed by atoms with Gasteiger partial charge in [0.05, 0.1) is 0 Å². The van der Waals surface area contributed by atoms with Crippen molar-refractivity contribution in [3.05, 3.63) is 36.0 Å². The zero-order valence-electron chi connectivity index (χ0n) is 11.9. The minimum absolute atomic E-state index is 0.702. The number of aromatic nitrogens is 1. The van der Waals surface area contributed by atoms with E-state index in [1.165, 1.54) is 35.7 Å². The minimum atomic E-state index is 0.702. The van der Waals surface area contributed by atoms with E-state index in [2.05, 4.69) is 48.4 Å². The van der Waals surface area contributed by atoms with E-state index in [0.717, 1.165) is 18.4 Å². The van der Waals surface area contributed by atoms with E-state index in [1.807, 2.05) is 6.20 Å². The van der Waals surface area contributed by atoms with Gasteiger partial charge in [-0.15, -0.1) is 0 Å². The third kappa shape index (κ3) is 2.84. The third-order valence-corrected chi connectivity index (χ3v) is 4.81. The first-order valence-corrected chi connectivity index (χ1v) is 7.52. The first-order valence-electron chi connectivity index (χ1n) is 7.52. The largest absolute Gasteiger partial charge is 0.361 e. The lowest BCUT2D eigenvalue weighted by atomic mass is 9.79. The van der Waals surface area contributed by atoms with Crippen LogP contribution in [-0.4, -0.2) is 11.0 Å². The van der Waals surface area contributed by atoms with Crippen molar-refractivity contribution in [2.75, 3.05) is 0 Å². The molecule has 0 saturated heterocycles. The maximum atomic E-state index is 3.74. The van der Waals surface area contributed by atoms with Crippen LogP contribution in [0.15, 0.2) is 30.5 Å². The molecular formula is C17H24N2. The minimum Gasteiger partial charge on any atom is -0.361 e. The highest BCUT2D eigenvalue weighted by molar-refractivity contribution is 5.79. The van der Waals surface area contributed by atoms with Gasteiger partial charge in [-0.3, -0.25) is 0 Å². The Kier molecular flexibility index (Phi) is 3.61. The van der Waals surface area contributed by atoms with E-state index in [-0.39, 0.29) is 0 Å². The van der Waals surface area contributed by atoms with E-state index in [0.29, 0.717) is 6.04 Å². The normalized spacial score (nSPS) is 27.8. The molecule has 0 radical (unpaired) electrons. The fourth-order valence-corrected chi connectivity index (χ4v) is 3.21. The number of nitrogens with one attached hydrogen (secondary N) is 2. The molecule has 3 unspecified atom stereocenters. The second kappa shape index (κ2) is 5.38. The van der Waals surface area contributed by atoms with Crippen LogP contribution in [0.1, 0.15) is 38.7 Å². The van der Waals surface area contributed by atoms with Gasteiger partial charge in [-0.2, -0.15) is 0 Å². The average molecular weight is 256 g/mol. The number of fused-ring (bicyclic) bond motifs is 1. The fourth-order valence-electron chi connectivity index (χ4n) is 3.21. The standard InChI is InChI=1S/C17H24N2/c1-12-3-5-16(9-13(12)2)19-11-14-4-6-17-15(10-14)7-8-18-17/h4,6-8,10,12-13,16,18-19H,3,5,9,11H2,1-2H3. The molecule has 0 spiro atoms. The number of H-pyrrole nitrogens is 1. The molecule has 1 heterocycles. The molecule has 1 fully saturated rings. The van der Waals surface area contributed by atoms with Crippen LogP contribution in [0.3, 0.4) is 0 Å². The first-order chi connectivity index (χ1) is 9.22. The molecule has 1 aromatic heterocycles. The van der Waals surface area contributed by atoms with E-state index in [4.69, 9.17) is 0 Å². The summed E-state index contributed by atoms with van der Waals surface area (Å²) in [7, 11) is 0. The molecule has 3 rings (SSSR count). The number of hydrogen-bond donors (Lipinski definition) is 2. The Balaban J connectivity index is 1.59. The predicted octanol–water partition coefficient (Wildman–Crippen LogP) is 4.08. The maximum absolute atomic E-state index is 3.74. The summed E-state index contributed by atoms with van der Waals surface area (Å²) in [5.41, 5.74) is 2.61. The quantitative estimate of drug-likeness (QED) is 0.850. The Morgan fingerprint density at radius 3 is 2.89 bits per heavy atom. The van der Waals surface area contributed by atoms with Crippen LogP contribution in [0.4, 0.5) is 0 Å². The topological polar surface area (TPSA) is 27.8 Å². The van der Waals surface area contributed by atoms with Crippen LogP contribution in [-0.2, 0) is 6.54 Å². The monoisotopic (exact) mass is 256 g/mol. The molecule has 2 aromatic rings. The van der Waals surface area contributed by atoms with Crippen molar-refractivity contribution in [2.45, 2.75) is 45.7 Å². The van der Waals surface area contributed by atoms with Crippen LogP contribution >= 0.6 is 0 Å². The van der Waals surface area contributed by atoms with Crippen LogP contribution in [0.2, 0.25) is 0 Å². The Morgan fingerprint density at radius 2 is 2.05 bits per heavy atom. The highest BCUT2D eigenvalue weighted by atomic mass is 14.9. The van der Waals surface area contributed by atoms with Gasteiger partial charge < -0.3 is 10.3 Å². The van der Waals surface area contributed by atoms with E-state index < -0.39 is 0 Å². The summed E-state index contributed by atoms with van der Waals surface area (Å²) in [6.07, 6.45) is 6.03. The Bertz CT molecular complexity index is 543. The Morgan fingerprint density at radius 1 is 1.16 bits per heavy atom. The zero-order valence-corrected chi connectivity index (χ0v) is 11.9. The fraction of sp³-hybridized carbons (Fsp3) is 0.529. The first kappa shape index (κ1) is 12.7. The third-order valence-electron chi connectivity index (χ3n) is 4.81. The summed E-state index contributed by atoms with van der Waals surface area (Å²) in [4.78, 5) is 3.24. The van der Waals surface area contributed by atoms with Gasteiger partial charge in [-0.1, -0.05) is 19.9 Å². The van der Waals surface area contributed by atoms with Crippen LogP contribution < -0.4 is 5.32 Å². The summed E-state index contributed by atoms with van der Waals surface area (Å²) in [5.74, 6) is 1.76. The molecule has 0 aliphatic heterocycles. The lowest BCUT2D eigenvalue weighted by molar-refractivity contribution is 0.225. The molecule has 3 atom stereocenters. The zero-order chi connectivity index (χ0) is 13.2. The number of benzene rings is 1. The molecule has 19 heavy (non-hydrogen) atoms. The molecule has 1 saturated carbocycles. The second-order valence-corrected chi connectivity index (χ2v) is 6.24. The van der Waals surface area contributed by atoms with Gasteiger partial charge in [0.2, 0.25) is 0 Å². The summed E-state index contributed by atoms with van der Waals surface area (Å²) in [6.45, 7) is 5.78. The van der Waals surface area contributed by atoms with Gasteiger partial charge in [0.1, 0.15) is 0 Å². The molecular weight excluding hydrogens is 232 g/mol. The van der Waals surface area contributed by atoms with Gasteiger partial charge in [0, 0.05) is 24.3 Å². The smallest absolute Gasteiger partial charge is 0.0454 e. The second-order valence-electron chi connectivity index (χ2n) is 6.24. The summed E-state index contributed by atoms with van der Waals surface area (Å²) in [5, 5.41) is 5.05. The highest BCUT2D eigenvalue weighted by Gasteiger charge is 2.23. The van der Waals surface area contributed by atoms with Crippen molar-refractivity contribution in [2.24, 2.45) is 11.8 Å². The van der Waals surface area contributed by atoms with E-state index >= 15 is 0 Å². The number of aromatic amines is 1. The summed E-state index contributed by atoms with van der Waals surface area (Å²) < 4.78 is 0. The summed E-state index contributed by atoms with van der Waals surface area (Å²) in [6, 6.07) is 9.53. The lowest BCUT2D eigenvalue weighted by Crippen LogP contribution is -2.35. The maximum Gasteiger partial charge on any atom is 0.0454 e. The Hall–Kier alpha value is -1.28. The lowest BCUT2D eigenvalue weighted by Gasteiger charge is -2.32. The van der Waals surface area contributed by atoms with Crippen molar-refractivity contribution < 1.29 is 0 Å². The van der Waals surface area contributed by atoms with Crippen LogP contribution in [0.25, 0.3) is 10.9 Å². The molecule has 1 aliphatic carbocycles. The van der Waals surface area contributed by atoms with Gasteiger partial charge in [-0.25, -0.2) is 0 Å². The van der Waals surface area contributed by atoms with E-state index in [9.17, 15) is 0 Å². The molecule has 2 nitrogen and oxygen atoms in total. The molecule has 0 bridgehead atoms. The van der Waals surface area contributed by atoms with Crippen LogP contribution in [0, 0.1) is 11.8 Å². The summed E-state index contributed by atoms with van der Waals surface area (Å²) >= 11 is 0. The molecule has 2 heteroatoms. The van der Waals surface area contributed by atoms with Crippen molar-refractivity contribution in [1.29, 1.82) is 0 Å². The van der Waals surface area contributed by atoms with Gasteiger partial charge in [0.25, 0.3) is 0 Å². The number of hydrogen-bond acceptors (Lipinski definition) is 1. The predicted molar refractivity (Wildman–Crippen MR) is 81.1 cm³/mol. The molecule has 1 aliphatic rings. The van der Waals surface area contributed by atoms with Gasteiger partial charge in [-0.05, 0) is 60.2 Å². The van der Waals surface area contributed by atoms with Gasteiger partial charge in [0.15, 0.2) is 0 Å². The van der Waals surface area contributed by atoms with Crippen molar-refractivity contribution >= 4 is 10.9 Å². The van der Waals surface area contributed by atoms with Crippen LogP contribution in [0.5, 0.6) is 0 Å².